The number of methoxy groups -OCH3 is 1. The zero-order chi connectivity index (χ0) is 12.8. The molecular formula is C15H18BrClO. The fourth-order valence-corrected chi connectivity index (χ4v) is 4.46. The molecule has 2 atom stereocenters. The molecular weight excluding hydrogens is 312 g/mol. The van der Waals surface area contributed by atoms with Crippen LogP contribution in [0.25, 0.3) is 0 Å². The molecule has 0 amide bonds. The molecule has 0 N–H and O–H groups in total. The van der Waals surface area contributed by atoms with Crippen molar-refractivity contribution in [3.8, 4) is 5.75 Å². The molecule has 0 aromatic heterocycles. The molecule has 2 aliphatic rings. The van der Waals surface area contributed by atoms with Crippen LogP contribution in [0.3, 0.4) is 0 Å². The molecule has 18 heavy (non-hydrogen) atoms. The first-order valence-electron chi connectivity index (χ1n) is 6.54. The second-order valence-electron chi connectivity index (χ2n) is 5.94. The van der Waals surface area contributed by atoms with Crippen LogP contribution in [-0.2, 0) is 6.42 Å². The van der Waals surface area contributed by atoms with Crippen molar-refractivity contribution in [1.29, 1.82) is 0 Å². The Bertz CT molecular complexity index is 450. The van der Waals surface area contributed by atoms with E-state index in [1.165, 1.54) is 24.8 Å². The fourth-order valence-electron chi connectivity index (χ4n) is 3.56. The maximum atomic E-state index is 6.26. The predicted octanol–water partition coefficient (Wildman–Crippen LogP) is 4.66. The van der Waals surface area contributed by atoms with E-state index in [1.807, 2.05) is 6.07 Å². The average Bonchev–Trinajstić information content (AvgIpc) is 2.98. The Labute approximate surface area is 122 Å². The quantitative estimate of drug-likeness (QED) is 0.730. The summed E-state index contributed by atoms with van der Waals surface area (Å²) in [5, 5.41) is 0. The van der Waals surface area contributed by atoms with Gasteiger partial charge in [-0.2, -0.15) is 0 Å². The van der Waals surface area contributed by atoms with Crippen molar-refractivity contribution >= 4 is 27.5 Å². The normalized spacial score (nSPS) is 33.3. The third-order valence-electron chi connectivity index (χ3n) is 4.54. The van der Waals surface area contributed by atoms with E-state index in [1.54, 1.807) is 7.11 Å². The molecule has 0 heterocycles. The molecule has 3 rings (SSSR count). The van der Waals surface area contributed by atoms with Gasteiger partial charge in [0.05, 0.1) is 11.6 Å². The Kier molecular flexibility index (Phi) is 3.36. The van der Waals surface area contributed by atoms with Gasteiger partial charge in [0.25, 0.3) is 0 Å². The lowest BCUT2D eigenvalue weighted by Gasteiger charge is -2.28. The van der Waals surface area contributed by atoms with Gasteiger partial charge in [-0.05, 0) is 76.6 Å². The monoisotopic (exact) mass is 328 g/mol. The number of benzene rings is 1. The van der Waals surface area contributed by atoms with Crippen molar-refractivity contribution in [1.82, 2.24) is 0 Å². The van der Waals surface area contributed by atoms with Crippen LogP contribution < -0.4 is 4.74 Å². The van der Waals surface area contributed by atoms with E-state index in [-0.39, 0.29) is 0 Å². The summed E-state index contributed by atoms with van der Waals surface area (Å²) in [5.74, 6) is 3.65. The highest BCUT2D eigenvalue weighted by atomic mass is 79.9. The van der Waals surface area contributed by atoms with Crippen molar-refractivity contribution in [3.05, 3.63) is 28.2 Å². The first kappa shape index (κ1) is 12.8. The van der Waals surface area contributed by atoms with E-state index in [0.717, 1.165) is 34.4 Å². The highest BCUT2D eigenvalue weighted by Crippen LogP contribution is 2.61. The third-order valence-corrected chi connectivity index (χ3v) is 5.72. The molecule has 0 radical (unpaired) electrons. The van der Waals surface area contributed by atoms with Gasteiger partial charge >= 0.3 is 0 Å². The zero-order valence-electron chi connectivity index (χ0n) is 10.6. The van der Waals surface area contributed by atoms with Gasteiger partial charge in [-0.25, -0.2) is 0 Å². The Hall–Kier alpha value is -0.210. The van der Waals surface area contributed by atoms with Gasteiger partial charge in [-0.1, -0.05) is 6.07 Å². The Balaban J connectivity index is 1.77. The van der Waals surface area contributed by atoms with E-state index >= 15 is 0 Å². The fraction of sp³-hybridized carbons (Fsp3) is 0.600. The van der Waals surface area contributed by atoms with Gasteiger partial charge < -0.3 is 4.74 Å². The summed E-state index contributed by atoms with van der Waals surface area (Å²) >= 11 is 9.82. The summed E-state index contributed by atoms with van der Waals surface area (Å²) in [6.45, 7) is 0. The van der Waals surface area contributed by atoms with Crippen LogP contribution in [0.2, 0.25) is 0 Å². The number of hydrogen-bond donors (Lipinski definition) is 0. The molecule has 1 aromatic carbocycles. The predicted molar refractivity (Wildman–Crippen MR) is 78.4 cm³/mol. The van der Waals surface area contributed by atoms with E-state index in [2.05, 4.69) is 28.1 Å². The number of ether oxygens (including phenoxy) is 1. The van der Waals surface area contributed by atoms with Gasteiger partial charge in [0.15, 0.2) is 0 Å². The zero-order valence-corrected chi connectivity index (χ0v) is 12.9. The summed E-state index contributed by atoms with van der Waals surface area (Å²) in [6.07, 6.45) is 5.20. The molecule has 0 bridgehead atoms. The summed E-state index contributed by atoms with van der Waals surface area (Å²) in [4.78, 5) is 0. The third kappa shape index (κ3) is 2.30. The minimum absolute atomic E-state index is 0.350. The second-order valence-corrected chi connectivity index (χ2v) is 7.07. The summed E-state index contributed by atoms with van der Waals surface area (Å²) in [7, 11) is 1.70. The smallest absolute Gasteiger partial charge is 0.133 e. The van der Waals surface area contributed by atoms with Gasteiger partial charge in [0.2, 0.25) is 0 Å². The molecule has 2 unspecified atom stereocenters. The minimum atomic E-state index is 0.350. The van der Waals surface area contributed by atoms with Gasteiger partial charge in [-0.3, -0.25) is 0 Å². The summed E-state index contributed by atoms with van der Waals surface area (Å²) in [5.41, 5.74) is 1.72. The lowest BCUT2D eigenvalue weighted by atomic mass is 9.79. The molecule has 1 nitrogen and oxygen atoms in total. The van der Waals surface area contributed by atoms with Crippen molar-refractivity contribution in [2.24, 2.45) is 17.3 Å². The van der Waals surface area contributed by atoms with Gasteiger partial charge in [-0.15, -0.1) is 11.6 Å². The van der Waals surface area contributed by atoms with Crippen LogP contribution in [-0.4, -0.2) is 13.0 Å². The van der Waals surface area contributed by atoms with Crippen LogP contribution >= 0.6 is 27.5 Å². The van der Waals surface area contributed by atoms with Crippen LogP contribution in [0.1, 0.15) is 24.8 Å². The van der Waals surface area contributed by atoms with Crippen LogP contribution in [0, 0.1) is 17.3 Å². The molecule has 0 aliphatic heterocycles. The van der Waals surface area contributed by atoms with Crippen LogP contribution in [0.5, 0.6) is 5.75 Å². The van der Waals surface area contributed by atoms with E-state index in [0.29, 0.717) is 5.41 Å². The molecule has 2 fully saturated rings. The lowest BCUT2D eigenvalue weighted by molar-refractivity contribution is 0.303. The molecule has 2 saturated carbocycles. The Morgan fingerprint density at radius 3 is 2.67 bits per heavy atom. The van der Waals surface area contributed by atoms with E-state index in [4.69, 9.17) is 16.3 Å². The summed E-state index contributed by atoms with van der Waals surface area (Å²) in [6, 6.07) is 6.38. The van der Waals surface area contributed by atoms with Gasteiger partial charge in [0.1, 0.15) is 5.75 Å². The van der Waals surface area contributed by atoms with Crippen molar-refractivity contribution in [2.45, 2.75) is 25.7 Å². The lowest BCUT2D eigenvalue weighted by Crippen LogP contribution is -2.24. The second kappa shape index (κ2) is 4.72. The number of rotatable bonds is 4. The van der Waals surface area contributed by atoms with Crippen molar-refractivity contribution in [2.75, 3.05) is 13.0 Å². The largest absolute Gasteiger partial charge is 0.496 e. The maximum Gasteiger partial charge on any atom is 0.133 e. The first-order valence-corrected chi connectivity index (χ1v) is 7.87. The highest BCUT2D eigenvalue weighted by Gasteiger charge is 2.53. The average molecular weight is 330 g/mol. The molecule has 1 aromatic rings. The number of halogens is 2. The molecule has 0 spiro atoms. The highest BCUT2D eigenvalue weighted by molar-refractivity contribution is 9.10. The first-order chi connectivity index (χ1) is 8.65. The van der Waals surface area contributed by atoms with Crippen LogP contribution in [0.4, 0.5) is 0 Å². The van der Waals surface area contributed by atoms with Gasteiger partial charge in [0, 0.05) is 5.88 Å². The maximum absolute atomic E-state index is 6.26. The minimum Gasteiger partial charge on any atom is -0.496 e. The molecule has 98 valence electrons. The standard InChI is InChI=1S/C15H18BrClO/c1-18-14-3-2-10(4-13(14)16)6-15(9-17)7-11-5-12(11)8-15/h2-4,11-12H,5-9H2,1H3. The topological polar surface area (TPSA) is 9.23 Å². The number of fused-ring (bicyclic) bond motifs is 1. The Morgan fingerprint density at radius 2 is 2.11 bits per heavy atom. The van der Waals surface area contributed by atoms with Crippen molar-refractivity contribution < 1.29 is 4.74 Å². The van der Waals surface area contributed by atoms with Crippen LogP contribution in [0.15, 0.2) is 22.7 Å². The number of hydrogen-bond acceptors (Lipinski definition) is 1. The molecule has 3 heteroatoms. The summed E-state index contributed by atoms with van der Waals surface area (Å²) < 4.78 is 6.31. The Morgan fingerprint density at radius 1 is 1.39 bits per heavy atom. The molecule has 2 aliphatic carbocycles. The van der Waals surface area contributed by atoms with E-state index < -0.39 is 0 Å². The van der Waals surface area contributed by atoms with Crippen molar-refractivity contribution in [3.63, 3.8) is 0 Å². The number of alkyl halides is 1. The SMILES string of the molecule is COc1ccc(CC2(CCl)CC3CC3C2)cc1Br. The van der Waals surface area contributed by atoms with E-state index in [9.17, 15) is 0 Å². The molecule has 0 saturated heterocycles.